The van der Waals surface area contributed by atoms with Crippen molar-refractivity contribution in [2.24, 2.45) is 0 Å². The van der Waals surface area contributed by atoms with Crippen LogP contribution >= 0.6 is 7.82 Å². The Morgan fingerprint density at radius 2 is 1.29 bits per heavy atom. The number of hydrogen-bond acceptors (Lipinski definition) is 5. The van der Waals surface area contributed by atoms with Gasteiger partial charge in [0.05, 0.1) is 34.4 Å². The van der Waals surface area contributed by atoms with Crippen molar-refractivity contribution in [2.75, 3.05) is 54.1 Å². The highest BCUT2D eigenvalue weighted by Gasteiger charge is 2.24. The molecule has 0 rings (SSSR count). The number of aliphatic hydroxyl groups excluding tert-OH is 1. The molecule has 34 heavy (non-hydrogen) atoms. The average molecular weight is 509 g/mol. The maximum absolute atomic E-state index is 11.8. The summed E-state index contributed by atoms with van der Waals surface area (Å²) >= 11 is 0. The summed E-state index contributed by atoms with van der Waals surface area (Å²) in [6.45, 7) is 3.27. The standard InChI is InChI=1S/C26H54NO6P/c1-5-6-7-8-9-10-11-12-13-14-15-16-17-18-19-20-22-31-24-26(28)25-33-34(29,30)32-23-21-27(2,3)4/h17-18,26,28H,5-16,19-25H2,1-4H3/p+1/b18-17+/t26-/m1/s1. The first kappa shape index (κ1) is 33.7. The van der Waals surface area contributed by atoms with Crippen LogP contribution in [0.3, 0.4) is 0 Å². The minimum atomic E-state index is -4.15. The molecular formula is C26H55NO6P+. The van der Waals surface area contributed by atoms with Crippen molar-refractivity contribution in [1.82, 2.24) is 0 Å². The van der Waals surface area contributed by atoms with E-state index in [1.807, 2.05) is 21.1 Å². The van der Waals surface area contributed by atoms with E-state index in [0.717, 1.165) is 19.3 Å². The van der Waals surface area contributed by atoms with Crippen LogP contribution in [0.4, 0.5) is 0 Å². The Morgan fingerprint density at radius 1 is 0.765 bits per heavy atom. The number of allylic oxidation sites excluding steroid dienone is 2. The van der Waals surface area contributed by atoms with Crippen molar-refractivity contribution in [3.05, 3.63) is 12.2 Å². The predicted octanol–water partition coefficient (Wildman–Crippen LogP) is 6.24. The van der Waals surface area contributed by atoms with Crippen LogP contribution in [-0.4, -0.2) is 74.7 Å². The summed E-state index contributed by atoms with van der Waals surface area (Å²) in [6.07, 6.45) is 21.6. The maximum Gasteiger partial charge on any atom is 0.472 e. The van der Waals surface area contributed by atoms with Crippen LogP contribution in [0.2, 0.25) is 0 Å². The van der Waals surface area contributed by atoms with Gasteiger partial charge in [-0.2, -0.15) is 0 Å². The van der Waals surface area contributed by atoms with Crippen LogP contribution < -0.4 is 0 Å². The van der Waals surface area contributed by atoms with Gasteiger partial charge >= 0.3 is 7.82 Å². The number of ether oxygens (including phenoxy) is 1. The number of rotatable bonds is 25. The molecule has 0 spiro atoms. The fourth-order valence-electron chi connectivity index (χ4n) is 3.38. The molecule has 0 aromatic carbocycles. The average Bonchev–Trinajstić information content (AvgIpc) is 2.76. The molecule has 0 heterocycles. The molecule has 1 unspecified atom stereocenters. The van der Waals surface area contributed by atoms with Crippen molar-refractivity contribution in [1.29, 1.82) is 0 Å². The Bertz CT molecular complexity index is 524. The molecule has 0 fully saturated rings. The van der Waals surface area contributed by atoms with E-state index in [2.05, 4.69) is 19.1 Å². The van der Waals surface area contributed by atoms with Gasteiger partial charge in [0.1, 0.15) is 19.3 Å². The zero-order valence-electron chi connectivity index (χ0n) is 22.6. The molecule has 0 radical (unpaired) electrons. The van der Waals surface area contributed by atoms with Gasteiger partial charge in [-0.15, -0.1) is 0 Å². The molecule has 2 N–H and O–H groups in total. The third-order valence-electron chi connectivity index (χ3n) is 5.56. The normalized spacial score (nSPS) is 15.1. The third kappa shape index (κ3) is 26.3. The first-order valence-corrected chi connectivity index (χ1v) is 15.0. The second-order valence-corrected chi connectivity index (χ2v) is 11.7. The van der Waals surface area contributed by atoms with Gasteiger partial charge in [0.2, 0.25) is 0 Å². The zero-order chi connectivity index (χ0) is 25.5. The van der Waals surface area contributed by atoms with Crippen molar-refractivity contribution < 1.29 is 32.8 Å². The molecule has 0 bridgehead atoms. The minimum absolute atomic E-state index is 0.0708. The lowest BCUT2D eigenvalue weighted by Crippen LogP contribution is -2.37. The van der Waals surface area contributed by atoms with E-state index >= 15 is 0 Å². The molecule has 204 valence electrons. The van der Waals surface area contributed by atoms with Crippen molar-refractivity contribution in [2.45, 2.75) is 103 Å². The lowest BCUT2D eigenvalue weighted by Gasteiger charge is -2.24. The summed E-state index contributed by atoms with van der Waals surface area (Å²) in [5, 5.41) is 9.85. The number of quaternary nitrogens is 1. The van der Waals surface area contributed by atoms with E-state index in [9.17, 15) is 14.6 Å². The van der Waals surface area contributed by atoms with E-state index in [1.165, 1.54) is 70.6 Å². The van der Waals surface area contributed by atoms with Gasteiger partial charge in [0.25, 0.3) is 0 Å². The van der Waals surface area contributed by atoms with E-state index in [1.54, 1.807) is 0 Å². The van der Waals surface area contributed by atoms with Crippen LogP contribution in [0, 0.1) is 0 Å². The van der Waals surface area contributed by atoms with Crippen LogP contribution in [-0.2, 0) is 18.3 Å². The Balaban J connectivity index is 3.45. The molecule has 0 aliphatic heterocycles. The smallest absolute Gasteiger partial charge is 0.388 e. The molecular weight excluding hydrogens is 453 g/mol. The Morgan fingerprint density at radius 3 is 1.85 bits per heavy atom. The summed E-state index contributed by atoms with van der Waals surface area (Å²) in [5.41, 5.74) is 0. The minimum Gasteiger partial charge on any atom is -0.388 e. The molecule has 0 amide bonds. The number of nitrogens with zero attached hydrogens (tertiary/aromatic N) is 1. The number of aliphatic hydroxyl groups is 1. The number of hydrogen-bond donors (Lipinski definition) is 2. The number of phosphoric acid groups is 1. The fraction of sp³-hybridized carbons (Fsp3) is 0.923. The van der Waals surface area contributed by atoms with Gasteiger partial charge in [0, 0.05) is 6.61 Å². The number of unbranched alkanes of at least 4 members (excludes halogenated alkanes) is 12. The van der Waals surface area contributed by atoms with E-state index in [4.69, 9.17) is 13.8 Å². The summed E-state index contributed by atoms with van der Waals surface area (Å²) in [7, 11) is 1.74. The predicted molar refractivity (Wildman–Crippen MR) is 141 cm³/mol. The zero-order valence-corrected chi connectivity index (χ0v) is 23.5. The topological polar surface area (TPSA) is 85.2 Å². The van der Waals surface area contributed by atoms with Crippen LogP contribution in [0.1, 0.15) is 96.8 Å². The lowest BCUT2D eigenvalue weighted by molar-refractivity contribution is -0.870. The highest BCUT2D eigenvalue weighted by atomic mass is 31.2. The molecule has 0 aliphatic rings. The number of phosphoric ester groups is 1. The van der Waals surface area contributed by atoms with Crippen LogP contribution in [0.5, 0.6) is 0 Å². The summed E-state index contributed by atoms with van der Waals surface area (Å²) in [6, 6.07) is 0. The van der Waals surface area contributed by atoms with Crippen LogP contribution in [0.25, 0.3) is 0 Å². The van der Waals surface area contributed by atoms with E-state index < -0.39 is 13.9 Å². The Kier molecular flexibility index (Phi) is 21.8. The largest absolute Gasteiger partial charge is 0.472 e. The monoisotopic (exact) mass is 508 g/mol. The second kappa shape index (κ2) is 22.0. The SMILES string of the molecule is CCCCCCCCCCCCC/C=C/CCCOC[C@@H](O)COP(=O)(O)OCC[N+](C)(C)C. The summed E-state index contributed by atoms with van der Waals surface area (Å²) in [5.74, 6) is 0. The van der Waals surface area contributed by atoms with E-state index in [0.29, 0.717) is 17.6 Å². The highest BCUT2D eigenvalue weighted by molar-refractivity contribution is 7.47. The van der Waals surface area contributed by atoms with Gasteiger partial charge in [-0.3, -0.25) is 9.05 Å². The van der Waals surface area contributed by atoms with Gasteiger partial charge < -0.3 is 19.2 Å². The highest BCUT2D eigenvalue weighted by Crippen LogP contribution is 2.43. The molecule has 0 aliphatic carbocycles. The van der Waals surface area contributed by atoms with Crippen molar-refractivity contribution >= 4 is 7.82 Å². The van der Waals surface area contributed by atoms with Crippen LogP contribution in [0.15, 0.2) is 12.2 Å². The van der Waals surface area contributed by atoms with Gasteiger partial charge in [-0.1, -0.05) is 83.3 Å². The van der Waals surface area contributed by atoms with Crippen molar-refractivity contribution in [3.63, 3.8) is 0 Å². The summed E-state index contributed by atoms with van der Waals surface area (Å²) in [4.78, 5) is 9.63. The third-order valence-corrected chi connectivity index (χ3v) is 6.54. The molecule has 2 atom stereocenters. The van der Waals surface area contributed by atoms with Gasteiger partial charge in [-0.05, 0) is 25.7 Å². The Labute approximate surface area is 210 Å². The number of likely N-dealkylation sites (N-methyl/N-ethyl adjacent to an activating group) is 1. The fourth-order valence-corrected chi connectivity index (χ4v) is 4.13. The lowest BCUT2D eigenvalue weighted by atomic mass is 10.1. The molecule has 7 nitrogen and oxygen atoms in total. The van der Waals surface area contributed by atoms with Gasteiger partial charge in [0.15, 0.2) is 0 Å². The first-order valence-electron chi connectivity index (χ1n) is 13.5. The molecule has 0 saturated carbocycles. The first-order chi connectivity index (χ1) is 16.2. The molecule has 0 aromatic heterocycles. The molecule has 8 heteroatoms. The second-order valence-electron chi connectivity index (χ2n) is 10.3. The Hall–Kier alpha value is -0.270. The van der Waals surface area contributed by atoms with Gasteiger partial charge in [-0.25, -0.2) is 4.57 Å². The quantitative estimate of drug-likeness (QED) is 0.0657. The van der Waals surface area contributed by atoms with Crippen molar-refractivity contribution in [3.8, 4) is 0 Å². The maximum atomic E-state index is 11.8. The van der Waals surface area contributed by atoms with E-state index in [-0.39, 0.29) is 19.8 Å². The summed E-state index contributed by atoms with van der Waals surface area (Å²) < 4.78 is 27.6. The molecule has 0 saturated heterocycles. The molecule has 0 aromatic rings.